The molecule has 9 heavy (non-hydrogen) atoms. The van der Waals surface area contributed by atoms with E-state index < -0.39 is 0 Å². The van der Waals surface area contributed by atoms with Crippen LogP contribution in [0.25, 0.3) is 0 Å². The summed E-state index contributed by atoms with van der Waals surface area (Å²) in [5, 5.41) is 3.71. The van der Waals surface area contributed by atoms with E-state index in [2.05, 4.69) is 11.6 Å². The second-order valence-corrected chi connectivity index (χ2v) is 1.79. The van der Waals surface area contributed by atoms with Crippen molar-refractivity contribution in [3.63, 3.8) is 0 Å². The highest BCUT2D eigenvalue weighted by molar-refractivity contribution is 5.08. The van der Waals surface area contributed by atoms with Gasteiger partial charge in [-0.05, 0) is 12.2 Å². The van der Waals surface area contributed by atoms with E-state index in [9.17, 15) is 0 Å². The first-order chi connectivity index (χ1) is 4.47. The molecule has 2 heterocycles. The summed E-state index contributed by atoms with van der Waals surface area (Å²) in [4.78, 5) is 0. The fourth-order valence-corrected chi connectivity index (χ4v) is 0.779. The molecule has 2 aliphatic heterocycles. The van der Waals surface area contributed by atoms with Crippen LogP contribution < -0.4 is 5.43 Å². The van der Waals surface area contributed by atoms with Crippen molar-refractivity contribution in [1.29, 1.82) is 0 Å². The van der Waals surface area contributed by atoms with Crippen molar-refractivity contribution >= 4 is 0 Å². The number of nitrogens with one attached hydrogen (secondary N) is 1. The second kappa shape index (κ2) is 1.55. The molecular weight excluding hydrogens is 114 g/mol. The van der Waals surface area contributed by atoms with E-state index in [0.717, 1.165) is 0 Å². The third-order valence-electron chi connectivity index (χ3n) is 1.20. The number of hydrogen-bond donors (Lipinski definition) is 1. The van der Waals surface area contributed by atoms with Crippen LogP contribution in [-0.4, -0.2) is 10.1 Å². The van der Waals surface area contributed by atoms with Crippen LogP contribution in [0.1, 0.15) is 0 Å². The van der Waals surface area contributed by atoms with Crippen LogP contribution in [0.4, 0.5) is 0 Å². The van der Waals surface area contributed by atoms with Gasteiger partial charge in [0.25, 0.3) is 0 Å². The van der Waals surface area contributed by atoms with Gasteiger partial charge in [0.05, 0.1) is 6.20 Å². The van der Waals surface area contributed by atoms with E-state index in [0.29, 0.717) is 0 Å². The van der Waals surface area contributed by atoms with Gasteiger partial charge in [-0.1, -0.05) is 0 Å². The van der Waals surface area contributed by atoms with Gasteiger partial charge in [-0.3, -0.25) is 5.43 Å². The van der Waals surface area contributed by atoms with Crippen molar-refractivity contribution in [3.05, 3.63) is 37.0 Å². The largest absolute Gasteiger partial charge is 0.276 e. The zero-order valence-electron chi connectivity index (χ0n) is 4.78. The van der Waals surface area contributed by atoms with Crippen LogP contribution in [0.3, 0.4) is 0 Å². The Morgan fingerprint density at radius 2 is 2.11 bits per heavy atom. The van der Waals surface area contributed by atoms with Crippen molar-refractivity contribution < 1.29 is 0 Å². The Morgan fingerprint density at radius 1 is 1.22 bits per heavy atom. The van der Waals surface area contributed by atoms with Crippen LogP contribution in [0.2, 0.25) is 0 Å². The van der Waals surface area contributed by atoms with E-state index >= 15 is 0 Å². The van der Waals surface area contributed by atoms with Crippen molar-refractivity contribution in [2.75, 3.05) is 0 Å². The molecule has 0 unspecified atom stereocenters. The summed E-state index contributed by atoms with van der Waals surface area (Å²) >= 11 is 0. The molecule has 45 valence electrons. The molecule has 0 saturated carbocycles. The van der Waals surface area contributed by atoms with E-state index in [1.807, 2.05) is 40.9 Å². The number of hydrazine groups is 2. The van der Waals surface area contributed by atoms with Gasteiger partial charge in [0.1, 0.15) is 6.20 Å². The molecule has 1 N–H and O–H groups in total. The molecule has 3 heteroatoms. The second-order valence-electron chi connectivity index (χ2n) is 1.79. The highest BCUT2D eigenvalue weighted by atomic mass is 15.8. The Labute approximate surface area is 53.5 Å². The SMILES string of the molecule is [C]1=CN2C=CC=CN2N1. The van der Waals surface area contributed by atoms with E-state index in [1.54, 1.807) is 0 Å². The Balaban J connectivity index is 2.25. The Morgan fingerprint density at radius 3 is 3.00 bits per heavy atom. The summed E-state index contributed by atoms with van der Waals surface area (Å²) in [6.07, 6.45) is 12.4. The van der Waals surface area contributed by atoms with E-state index in [1.165, 1.54) is 0 Å². The number of nitrogens with zero attached hydrogens (tertiary/aromatic N) is 2. The minimum atomic E-state index is 1.82. The van der Waals surface area contributed by atoms with Crippen LogP contribution >= 0.6 is 0 Å². The summed E-state index contributed by atoms with van der Waals surface area (Å²) in [6.45, 7) is 0. The predicted molar refractivity (Wildman–Crippen MR) is 32.9 cm³/mol. The maximum atomic E-state index is 2.87. The van der Waals surface area contributed by atoms with Gasteiger partial charge in [-0.25, -0.2) is 5.01 Å². The zero-order chi connectivity index (χ0) is 6.10. The first kappa shape index (κ1) is 4.49. The first-order valence-corrected chi connectivity index (χ1v) is 2.74. The minimum absolute atomic E-state index is 1.82. The fraction of sp³-hybridized carbons (Fsp3) is 0. The zero-order valence-corrected chi connectivity index (χ0v) is 4.78. The number of hydrogen-bond acceptors (Lipinski definition) is 3. The molecule has 0 aromatic carbocycles. The molecule has 3 nitrogen and oxygen atoms in total. The van der Waals surface area contributed by atoms with Crippen molar-refractivity contribution in [3.8, 4) is 0 Å². The highest BCUT2D eigenvalue weighted by Crippen LogP contribution is 2.07. The average Bonchev–Trinajstić information content (AvgIpc) is 2.33. The van der Waals surface area contributed by atoms with Crippen LogP contribution in [-0.2, 0) is 0 Å². The van der Waals surface area contributed by atoms with Gasteiger partial charge in [-0.15, -0.1) is 0 Å². The average molecular weight is 120 g/mol. The van der Waals surface area contributed by atoms with Gasteiger partial charge < -0.3 is 0 Å². The topological polar surface area (TPSA) is 18.5 Å². The van der Waals surface area contributed by atoms with Crippen molar-refractivity contribution in [2.45, 2.75) is 0 Å². The Hall–Kier alpha value is -1.38. The molecule has 1 radical (unpaired) electrons. The molecule has 0 bridgehead atoms. The third-order valence-corrected chi connectivity index (χ3v) is 1.20. The summed E-state index contributed by atoms with van der Waals surface area (Å²) in [7, 11) is 0. The summed E-state index contributed by atoms with van der Waals surface area (Å²) in [6, 6.07) is 0. The normalized spacial score (nSPS) is 20.4. The quantitative estimate of drug-likeness (QED) is 0.497. The van der Waals surface area contributed by atoms with E-state index in [4.69, 9.17) is 0 Å². The monoisotopic (exact) mass is 120 g/mol. The molecular formula is C6H6N3. The molecule has 0 atom stereocenters. The molecule has 0 fully saturated rings. The molecule has 0 amide bonds. The fourth-order valence-electron chi connectivity index (χ4n) is 0.779. The predicted octanol–water partition coefficient (Wildman–Crippen LogP) is 0.339. The Kier molecular flexibility index (Phi) is 0.773. The lowest BCUT2D eigenvalue weighted by atomic mass is 10.5. The molecule has 0 aromatic heterocycles. The lowest BCUT2D eigenvalue weighted by molar-refractivity contribution is 0.113. The molecule has 0 saturated heterocycles. The summed E-state index contributed by atoms with van der Waals surface area (Å²) < 4.78 is 0. The molecule has 2 aliphatic rings. The van der Waals surface area contributed by atoms with Crippen LogP contribution in [0, 0.1) is 6.20 Å². The lowest BCUT2D eigenvalue weighted by Gasteiger charge is -2.24. The maximum Gasteiger partial charge on any atom is 0.101 e. The third kappa shape index (κ3) is 0.579. The summed E-state index contributed by atoms with van der Waals surface area (Å²) in [5.74, 6) is 0. The lowest BCUT2D eigenvalue weighted by Crippen LogP contribution is -2.34. The number of fused-ring (bicyclic) bond motifs is 1. The molecule has 0 aromatic rings. The minimum Gasteiger partial charge on any atom is -0.276 e. The number of allylic oxidation sites excluding steroid dienone is 2. The van der Waals surface area contributed by atoms with Gasteiger partial charge in [-0.2, -0.15) is 5.12 Å². The highest BCUT2D eigenvalue weighted by Gasteiger charge is 2.09. The Bertz CT molecular complexity index is 192. The van der Waals surface area contributed by atoms with Crippen molar-refractivity contribution in [2.24, 2.45) is 0 Å². The number of rotatable bonds is 0. The maximum absolute atomic E-state index is 2.87. The van der Waals surface area contributed by atoms with Gasteiger partial charge in [0.15, 0.2) is 0 Å². The summed E-state index contributed by atoms with van der Waals surface area (Å²) in [5.41, 5.74) is 2.87. The van der Waals surface area contributed by atoms with Crippen molar-refractivity contribution in [1.82, 2.24) is 15.6 Å². The molecule has 2 rings (SSSR count). The van der Waals surface area contributed by atoms with Gasteiger partial charge in [0.2, 0.25) is 0 Å². The van der Waals surface area contributed by atoms with Crippen LogP contribution in [0.5, 0.6) is 0 Å². The smallest absolute Gasteiger partial charge is 0.101 e. The standard InChI is InChI=1S/C6H6N3/c1-2-5-9-7-3-6-8(9)4-1/h1-2,4-7H. The molecule has 0 aliphatic carbocycles. The first-order valence-electron chi connectivity index (χ1n) is 2.74. The van der Waals surface area contributed by atoms with E-state index in [-0.39, 0.29) is 0 Å². The molecule has 0 spiro atoms. The van der Waals surface area contributed by atoms with Crippen LogP contribution in [0.15, 0.2) is 30.8 Å². The van der Waals surface area contributed by atoms with Gasteiger partial charge >= 0.3 is 0 Å². The van der Waals surface area contributed by atoms with Gasteiger partial charge in [0, 0.05) is 12.4 Å².